The van der Waals surface area contributed by atoms with Crippen molar-refractivity contribution in [1.82, 2.24) is 9.88 Å². The van der Waals surface area contributed by atoms with Gasteiger partial charge in [0.25, 0.3) is 0 Å². The molecular formula is C20H28N2O2. The van der Waals surface area contributed by atoms with Crippen LogP contribution in [0.5, 0.6) is 0 Å². The summed E-state index contributed by atoms with van der Waals surface area (Å²) in [7, 11) is 0. The number of para-hydroxylation sites is 1. The molecule has 4 heteroatoms. The van der Waals surface area contributed by atoms with Gasteiger partial charge in [-0.3, -0.25) is 0 Å². The second kappa shape index (κ2) is 7.26. The van der Waals surface area contributed by atoms with Gasteiger partial charge in [0, 0.05) is 44.1 Å². The minimum absolute atomic E-state index is 0.0881. The van der Waals surface area contributed by atoms with E-state index in [1.165, 1.54) is 10.9 Å². The number of fused-ring (bicyclic) bond motifs is 1. The fourth-order valence-electron chi connectivity index (χ4n) is 4.19. The molecule has 1 aromatic heterocycles. The van der Waals surface area contributed by atoms with Gasteiger partial charge >= 0.3 is 0 Å². The highest BCUT2D eigenvalue weighted by atomic mass is 16.5. The molecule has 0 aliphatic carbocycles. The molecule has 0 saturated carbocycles. The molecule has 0 radical (unpaired) electrons. The molecule has 130 valence electrons. The fourth-order valence-corrected chi connectivity index (χ4v) is 4.19. The summed E-state index contributed by atoms with van der Waals surface area (Å²) in [5.74, 6) is 0. The molecule has 2 aliphatic rings. The first kappa shape index (κ1) is 16.1. The van der Waals surface area contributed by atoms with Crippen LogP contribution < -0.4 is 5.32 Å². The summed E-state index contributed by atoms with van der Waals surface area (Å²) in [4.78, 5) is 0. The van der Waals surface area contributed by atoms with Crippen LogP contribution >= 0.6 is 0 Å². The molecule has 1 atom stereocenters. The van der Waals surface area contributed by atoms with Crippen LogP contribution in [0.4, 0.5) is 0 Å². The summed E-state index contributed by atoms with van der Waals surface area (Å²) in [5, 5.41) is 5.10. The molecule has 1 aromatic carbocycles. The van der Waals surface area contributed by atoms with Gasteiger partial charge in [0.2, 0.25) is 0 Å². The second-order valence-electron chi connectivity index (χ2n) is 7.21. The lowest BCUT2D eigenvalue weighted by atomic mass is 9.84. The van der Waals surface area contributed by atoms with Crippen LogP contribution in [0.3, 0.4) is 0 Å². The molecule has 0 amide bonds. The molecule has 0 bridgehead atoms. The minimum atomic E-state index is 0.0881. The zero-order valence-corrected chi connectivity index (χ0v) is 14.4. The first-order valence-corrected chi connectivity index (χ1v) is 9.34. The molecule has 3 heterocycles. The van der Waals surface area contributed by atoms with E-state index in [1.807, 2.05) is 0 Å². The molecule has 1 unspecified atom stereocenters. The molecule has 24 heavy (non-hydrogen) atoms. The first-order valence-electron chi connectivity index (χ1n) is 9.34. The van der Waals surface area contributed by atoms with Crippen molar-refractivity contribution < 1.29 is 9.47 Å². The largest absolute Gasteiger partial charge is 0.381 e. The monoisotopic (exact) mass is 328 g/mol. The van der Waals surface area contributed by atoms with Gasteiger partial charge in [-0.2, -0.15) is 0 Å². The normalized spacial score (nSPS) is 23.8. The van der Waals surface area contributed by atoms with E-state index in [4.69, 9.17) is 9.47 Å². The maximum atomic E-state index is 6.13. The van der Waals surface area contributed by atoms with Gasteiger partial charge in [0.05, 0.1) is 5.60 Å². The van der Waals surface area contributed by atoms with Crippen molar-refractivity contribution >= 4 is 10.9 Å². The Hall–Kier alpha value is -1.36. The van der Waals surface area contributed by atoms with Gasteiger partial charge in [-0.1, -0.05) is 18.2 Å². The summed E-state index contributed by atoms with van der Waals surface area (Å²) in [6.07, 6.45) is 7.75. The SMILES string of the molecule is c1ccc2c(c1)ccn2CCCNC1CCOC2(CCOCC2)C1. The number of hydrogen-bond donors (Lipinski definition) is 1. The number of aromatic nitrogens is 1. The van der Waals surface area contributed by atoms with Gasteiger partial charge in [-0.25, -0.2) is 0 Å². The molecule has 2 saturated heterocycles. The van der Waals surface area contributed by atoms with E-state index >= 15 is 0 Å². The van der Waals surface area contributed by atoms with Crippen LogP contribution in [0.25, 0.3) is 10.9 Å². The smallest absolute Gasteiger partial charge is 0.0741 e. The number of aryl methyl sites for hydroxylation is 1. The topological polar surface area (TPSA) is 35.4 Å². The number of nitrogens with zero attached hydrogens (tertiary/aromatic N) is 1. The van der Waals surface area contributed by atoms with Gasteiger partial charge in [0.15, 0.2) is 0 Å². The predicted molar refractivity (Wildman–Crippen MR) is 96.3 cm³/mol. The standard InChI is InChI=1S/C20H28N2O2/c1-2-5-19-17(4-1)6-12-22(19)11-3-10-21-18-7-13-24-20(16-18)8-14-23-15-9-20/h1-2,4-6,12,18,21H,3,7-11,13-16H2. The number of rotatable bonds is 5. The number of hydrogen-bond acceptors (Lipinski definition) is 3. The molecule has 4 nitrogen and oxygen atoms in total. The van der Waals surface area contributed by atoms with Crippen LogP contribution in [0.1, 0.15) is 32.1 Å². The van der Waals surface area contributed by atoms with Crippen molar-refractivity contribution in [3.63, 3.8) is 0 Å². The molecule has 2 aromatic rings. The molecule has 2 aliphatic heterocycles. The Morgan fingerprint density at radius 2 is 2.00 bits per heavy atom. The minimum Gasteiger partial charge on any atom is -0.381 e. The van der Waals surface area contributed by atoms with Crippen molar-refractivity contribution in [1.29, 1.82) is 0 Å². The van der Waals surface area contributed by atoms with Gasteiger partial charge in [-0.05, 0) is 56.2 Å². The summed E-state index contributed by atoms with van der Waals surface area (Å²) in [6.45, 7) is 4.74. The summed E-state index contributed by atoms with van der Waals surface area (Å²) < 4.78 is 14.0. The highest BCUT2D eigenvalue weighted by molar-refractivity contribution is 5.79. The first-order chi connectivity index (χ1) is 11.8. The van der Waals surface area contributed by atoms with Crippen molar-refractivity contribution in [3.8, 4) is 0 Å². The third-order valence-corrected chi connectivity index (χ3v) is 5.59. The van der Waals surface area contributed by atoms with Crippen molar-refractivity contribution in [3.05, 3.63) is 36.5 Å². The maximum Gasteiger partial charge on any atom is 0.0741 e. The van der Waals surface area contributed by atoms with Crippen molar-refractivity contribution in [2.75, 3.05) is 26.4 Å². The highest BCUT2D eigenvalue weighted by Gasteiger charge is 2.38. The average molecular weight is 328 g/mol. The molecular weight excluding hydrogens is 300 g/mol. The van der Waals surface area contributed by atoms with Crippen LogP contribution in [0.2, 0.25) is 0 Å². The Bertz CT molecular complexity index is 655. The predicted octanol–water partition coefficient (Wildman–Crippen LogP) is 3.35. The average Bonchev–Trinajstić information content (AvgIpc) is 3.03. The van der Waals surface area contributed by atoms with Gasteiger partial charge in [-0.15, -0.1) is 0 Å². The highest BCUT2D eigenvalue weighted by Crippen LogP contribution is 2.34. The Morgan fingerprint density at radius 1 is 1.12 bits per heavy atom. The van der Waals surface area contributed by atoms with E-state index < -0.39 is 0 Å². The number of ether oxygens (including phenoxy) is 2. The van der Waals surface area contributed by atoms with Crippen LogP contribution in [0.15, 0.2) is 36.5 Å². The fraction of sp³-hybridized carbons (Fsp3) is 0.600. The van der Waals surface area contributed by atoms with Gasteiger partial charge in [0.1, 0.15) is 0 Å². The third-order valence-electron chi connectivity index (χ3n) is 5.59. The lowest BCUT2D eigenvalue weighted by molar-refractivity contribution is -0.140. The van der Waals surface area contributed by atoms with E-state index in [1.54, 1.807) is 0 Å². The zero-order chi connectivity index (χ0) is 16.2. The maximum absolute atomic E-state index is 6.13. The number of nitrogens with one attached hydrogen (secondary N) is 1. The molecule has 1 spiro atoms. The van der Waals surface area contributed by atoms with Crippen LogP contribution in [0, 0.1) is 0 Å². The summed E-state index contributed by atoms with van der Waals surface area (Å²) >= 11 is 0. The van der Waals surface area contributed by atoms with Crippen molar-refractivity contribution in [2.45, 2.75) is 50.3 Å². The van der Waals surface area contributed by atoms with Crippen molar-refractivity contribution in [2.24, 2.45) is 0 Å². The lowest BCUT2D eigenvalue weighted by Gasteiger charge is -2.43. The molecule has 4 rings (SSSR count). The van der Waals surface area contributed by atoms with Crippen LogP contribution in [-0.4, -0.2) is 42.6 Å². The summed E-state index contributed by atoms with van der Waals surface area (Å²) in [6, 6.07) is 11.4. The van der Waals surface area contributed by atoms with Gasteiger partial charge < -0.3 is 19.4 Å². The van der Waals surface area contributed by atoms with E-state index in [9.17, 15) is 0 Å². The quantitative estimate of drug-likeness (QED) is 0.855. The van der Waals surface area contributed by atoms with E-state index in [2.05, 4.69) is 46.4 Å². The van der Waals surface area contributed by atoms with Crippen LogP contribution in [-0.2, 0) is 16.0 Å². The van der Waals surface area contributed by atoms with E-state index in [0.29, 0.717) is 6.04 Å². The number of benzene rings is 1. The zero-order valence-electron chi connectivity index (χ0n) is 14.4. The Balaban J connectivity index is 1.25. The van der Waals surface area contributed by atoms with E-state index in [-0.39, 0.29) is 5.60 Å². The Kier molecular flexibility index (Phi) is 4.88. The lowest BCUT2D eigenvalue weighted by Crippen LogP contribution is -2.50. The Morgan fingerprint density at radius 3 is 2.92 bits per heavy atom. The molecule has 2 fully saturated rings. The third kappa shape index (κ3) is 3.51. The Labute approximate surface area is 144 Å². The molecule has 1 N–H and O–H groups in total. The van der Waals surface area contributed by atoms with E-state index in [0.717, 1.165) is 65.0 Å². The summed E-state index contributed by atoms with van der Waals surface area (Å²) in [5.41, 5.74) is 1.43. The second-order valence-corrected chi connectivity index (χ2v) is 7.21.